The van der Waals surface area contributed by atoms with E-state index < -0.39 is 17.2 Å². The molecule has 2 atom stereocenters. The average Bonchev–Trinajstić information content (AvgIpc) is 3.66. The van der Waals surface area contributed by atoms with Gasteiger partial charge in [0.1, 0.15) is 5.56 Å². The highest BCUT2D eigenvalue weighted by molar-refractivity contribution is 6.36. The zero-order valence-electron chi connectivity index (χ0n) is 26.1. The van der Waals surface area contributed by atoms with E-state index in [0.717, 1.165) is 57.2 Å². The minimum Gasteiger partial charge on any atom is -0.481 e. The van der Waals surface area contributed by atoms with Gasteiger partial charge in [-0.05, 0) is 55.0 Å². The van der Waals surface area contributed by atoms with Crippen LogP contribution in [0.1, 0.15) is 52.4 Å². The van der Waals surface area contributed by atoms with Crippen molar-refractivity contribution in [2.75, 3.05) is 19.0 Å². The predicted molar refractivity (Wildman–Crippen MR) is 177 cm³/mol. The highest BCUT2D eigenvalue weighted by Crippen LogP contribution is 2.43. The lowest BCUT2D eigenvalue weighted by molar-refractivity contribution is -0.119. The fraction of sp³-hybridized carbons (Fsp3) is 0.324. The van der Waals surface area contributed by atoms with Crippen LogP contribution in [0, 0.1) is 6.92 Å². The maximum atomic E-state index is 13.1. The Morgan fingerprint density at radius 1 is 1.07 bits per heavy atom. The van der Waals surface area contributed by atoms with Gasteiger partial charge in [0.2, 0.25) is 11.8 Å². The number of halogens is 1. The SMILES string of the molecule is COc1nc(-c2cccc(-c3cccc(NC(=O)c4cn(C)c(=O)n(C)c4=O)c3C)c2Cl)cc2c1C(NCC1CCC(=O)N1)CC2. The molecule has 1 aliphatic carbocycles. The predicted octanol–water partition coefficient (Wildman–Crippen LogP) is 3.89. The van der Waals surface area contributed by atoms with Crippen LogP contribution < -0.4 is 31.9 Å². The Bertz CT molecular complexity index is 2000. The largest absolute Gasteiger partial charge is 0.481 e. The zero-order chi connectivity index (χ0) is 32.7. The Morgan fingerprint density at radius 2 is 1.80 bits per heavy atom. The number of pyridine rings is 1. The van der Waals surface area contributed by atoms with Crippen molar-refractivity contribution in [2.24, 2.45) is 14.1 Å². The molecule has 1 aliphatic heterocycles. The van der Waals surface area contributed by atoms with Crippen molar-refractivity contribution >= 4 is 29.1 Å². The zero-order valence-corrected chi connectivity index (χ0v) is 26.8. The summed E-state index contributed by atoms with van der Waals surface area (Å²) >= 11 is 7.09. The molecule has 3 heterocycles. The summed E-state index contributed by atoms with van der Waals surface area (Å²) < 4.78 is 7.88. The number of nitrogens with one attached hydrogen (secondary N) is 3. The molecule has 2 unspecified atom stereocenters. The highest BCUT2D eigenvalue weighted by Gasteiger charge is 2.30. The first-order valence-electron chi connectivity index (χ1n) is 15.1. The number of rotatable bonds is 8. The summed E-state index contributed by atoms with van der Waals surface area (Å²) in [6, 6.07) is 13.5. The Balaban J connectivity index is 1.29. The Labute approximate surface area is 270 Å². The second kappa shape index (κ2) is 12.6. The van der Waals surface area contributed by atoms with Crippen molar-refractivity contribution in [1.82, 2.24) is 24.8 Å². The molecular formula is C34H35ClN6O5. The molecule has 1 fully saturated rings. The molecular weight excluding hydrogens is 608 g/mol. The average molecular weight is 643 g/mol. The number of methoxy groups -OCH3 is 1. The third-order valence-corrected chi connectivity index (χ3v) is 9.29. The molecule has 46 heavy (non-hydrogen) atoms. The molecule has 11 nitrogen and oxygen atoms in total. The van der Waals surface area contributed by atoms with Gasteiger partial charge in [0.05, 0.1) is 17.8 Å². The number of hydrogen-bond donors (Lipinski definition) is 3. The minimum absolute atomic E-state index is 0.0763. The second-order valence-electron chi connectivity index (χ2n) is 11.8. The molecule has 2 aromatic heterocycles. The van der Waals surface area contributed by atoms with Gasteiger partial charge < -0.3 is 25.3 Å². The molecule has 0 radical (unpaired) electrons. The second-order valence-corrected chi connectivity index (χ2v) is 12.2. The van der Waals surface area contributed by atoms with Crippen LogP contribution >= 0.6 is 11.6 Å². The van der Waals surface area contributed by atoms with Gasteiger partial charge in [-0.2, -0.15) is 0 Å². The van der Waals surface area contributed by atoms with Crippen molar-refractivity contribution in [3.63, 3.8) is 0 Å². The van der Waals surface area contributed by atoms with Crippen LogP contribution in [0.2, 0.25) is 5.02 Å². The Morgan fingerprint density at radius 3 is 2.54 bits per heavy atom. The van der Waals surface area contributed by atoms with E-state index >= 15 is 0 Å². The molecule has 4 aromatic rings. The number of nitrogens with zero attached hydrogens (tertiary/aromatic N) is 3. The van der Waals surface area contributed by atoms with Crippen LogP contribution in [0.15, 0.2) is 58.3 Å². The number of aromatic nitrogens is 3. The summed E-state index contributed by atoms with van der Waals surface area (Å²) in [7, 11) is 4.44. The van der Waals surface area contributed by atoms with Crippen LogP contribution in [0.3, 0.4) is 0 Å². The summed E-state index contributed by atoms with van der Waals surface area (Å²) in [5.41, 5.74) is 5.09. The highest BCUT2D eigenvalue weighted by atomic mass is 35.5. The van der Waals surface area contributed by atoms with Gasteiger partial charge in [-0.15, -0.1) is 0 Å². The van der Waals surface area contributed by atoms with E-state index in [-0.39, 0.29) is 23.6 Å². The molecule has 2 amide bonds. The molecule has 12 heteroatoms. The lowest BCUT2D eigenvalue weighted by Gasteiger charge is -2.20. The molecule has 0 saturated carbocycles. The quantitative estimate of drug-likeness (QED) is 0.265. The van der Waals surface area contributed by atoms with E-state index in [1.807, 2.05) is 31.2 Å². The van der Waals surface area contributed by atoms with Crippen molar-refractivity contribution < 1.29 is 14.3 Å². The van der Waals surface area contributed by atoms with Crippen LogP contribution in [-0.4, -0.2) is 45.6 Å². The van der Waals surface area contributed by atoms with Gasteiger partial charge in [-0.25, -0.2) is 9.78 Å². The summed E-state index contributed by atoms with van der Waals surface area (Å²) in [5, 5.41) is 9.94. The molecule has 0 bridgehead atoms. The number of benzene rings is 2. The molecule has 3 N–H and O–H groups in total. The monoisotopic (exact) mass is 642 g/mol. The minimum atomic E-state index is -0.674. The lowest BCUT2D eigenvalue weighted by Crippen LogP contribution is -2.40. The maximum absolute atomic E-state index is 13.1. The van der Waals surface area contributed by atoms with Crippen LogP contribution in [0.5, 0.6) is 5.88 Å². The fourth-order valence-corrected chi connectivity index (χ4v) is 6.70. The topological polar surface area (TPSA) is 136 Å². The van der Waals surface area contributed by atoms with E-state index in [1.54, 1.807) is 19.2 Å². The third-order valence-electron chi connectivity index (χ3n) is 8.89. The number of hydrogen-bond acceptors (Lipinski definition) is 7. The smallest absolute Gasteiger partial charge is 0.330 e. The van der Waals surface area contributed by atoms with Gasteiger partial charge in [0, 0.05) is 67.7 Å². The molecule has 0 spiro atoms. The van der Waals surface area contributed by atoms with E-state index in [0.29, 0.717) is 35.2 Å². The van der Waals surface area contributed by atoms with E-state index in [9.17, 15) is 19.2 Å². The molecule has 6 rings (SSSR count). The first-order valence-corrected chi connectivity index (χ1v) is 15.5. The number of anilines is 1. The van der Waals surface area contributed by atoms with Crippen molar-refractivity contribution in [3.8, 4) is 28.3 Å². The third kappa shape index (κ3) is 5.72. The Hall–Kier alpha value is -4.74. The molecule has 2 aliphatic rings. The molecule has 2 aromatic carbocycles. The van der Waals surface area contributed by atoms with Crippen LogP contribution in [-0.2, 0) is 25.3 Å². The first-order chi connectivity index (χ1) is 22.1. The van der Waals surface area contributed by atoms with Gasteiger partial charge in [-0.1, -0.05) is 41.9 Å². The summed E-state index contributed by atoms with van der Waals surface area (Å²) in [6.07, 6.45) is 4.39. The van der Waals surface area contributed by atoms with Crippen molar-refractivity contribution in [2.45, 2.75) is 44.7 Å². The lowest BCUT2D eigenvalue weighted by atomic mass is 9.96. The van der Waals surface area contributed by atoms with Gasteiger partial charge in [0.25, 0.3) is 11.5 Å². The fourth-order valence-electron chi connectivity index (χ4n) is 6.37. The molecule has 1 saturated heterocycles. The summed E-state index contributed by atoms with van der Waals surface area (Å²) in [5.74, 6) is 0.0260. The maximum Gasteiger partial charge on any atom is 0.330 e. The van der Waals surface area contributed by atoms with E-state index in [1.165, 1.54) is 24.9 Å². The summed E-state index contributed by atoms with van der Waals surface area (Å²) in [4.78, 5) is 54.4. The Kier molecular flexibility index (Phi) is 8.54. The van der Waals surface area contributed by atoms with Crippen molar-refractivity contribution in [3.05, 3.63) is 96.8 Å². The van der Waals surface area contributed by atoms with E-state index in [4.69, 9.17) is 21.3 Å². The number of amides is 2. The number of carbonyl (C=O) groups excluding carboxylic acids is 2. The number of aryl methyl sites for hydroxylation is 2. The number of ether oxygens (including phenoxy) is 1. The normalized spacial score (nSPS) is 17.1. The number of fused-ring (bicyclic) bond motifs is 1. The van der Waals surface area contributed by atoms with Crippen LogP contribution in [0.25, 0.3) is 22.4 Å². The first kappa shape index (κ1) is 31.3. The van der Waals surface area contributed by atoms with E-state index in [2.05, 4.69) is 22.0 Å². The van der Waals surface area contributed by atoms with Gasteiger partial charge in [-0.3, -0.25) is 19.0 Å². The van der Waals surface area contributed by atoms with Crippen molar-refractivity contribution in [1.29, 1.82) is 0 Å². The summed E-state index contributed by atoms with van der Waals surface area (Å²) in [6.45, 7) is 2.56. The molecule has 238 valence electrons. The van der Waals surface area contributed by atoms with Gasteiger partial charge in [0.15, 0.2) is 0 Å². The standard InChI is InChI=1S/C34H35ClN6O5/c1-18-21(7-6-10-25(18)38-31(43)24-17-40(2)34(45)41(3)33(24)44)22-8-5-9-23(30(22)35)27-15-19-11-13-26(29(19)32(39-27)46-4)36-16-20-12-14-28(42)37-20/h5-10,15,17,20,26,36H,11-14,16H2,1-4H3,(H,37,42)(H,38,43). The number of carbonyl (C=O) groups is 2. The van der Waals surface area contributed by atoms with Crippen LogP contribution in [0.4, 0.5) is 5.69 Å². The van der Waals surface area contributed by atoms with Gasteiger partial charge >= 0.3 is 5.69 Å².